The normalized spacial score (nSPS) is 11.3. The number of benzene rings is 1. The van der Waals surface area contributed by atoms with E-state index in [0.717, 1.165) is 4.31 Å². The van der Waals surface area contributed by atoms with Gasteiger partial charge in [0, 0.05) is 32.0 Å². The number of hydrogen-bond donors (Lipinski definition) is 1. The minimum Gasteiger partial charge on any atom is -0.497 e. The molecule has 0 spiro atoms. The van der Waals surface area contributed by atoms with Crippen molar-refractivity contribution >= 4 is 27.6 Å². The number of anilines is 1. The van der Waals surface area contributed by atoms with Gasteiger partial charge in [-0.2, -0.15) is 4.31 Å². The third kappa shape index (κ3) is 4.66. The first-order valence-corrected chi connectivity index (χ1v) is 9.28. The second kappa shape index (κ2) is 8.23. The van der Waals surface area contributed by atoms with E-state index >= 15 is 0 Å². The van der Waals surface area contributed by atoms with Gasteiger partial charge < -0.3 is 19.4 Å². The number of hydrogen-bond acceptors (Lipinski definition) is 6. The van der Waals surface area contributed by atoms with Crippen LogP contribution in [0.1, 0.15) is 10.5 Å². The molecule has 0 saturated carbocycles. The standard InChI is InChI=1S/C17H21N3O6S/c1-19-10-14(9-15(19)17(22)26-4)27(23,24)20(2)11-16(21)18-12-6-5-7-13(8-12)25-3/h5-10H,11H2,1-4H3,(H,18,21). The number of nitrogens with zero attached hydrogens (tertiary/aromatic N) is 2. The molecule has 1 amide bonds. The van der Waals surface area contributed by atoms with Crippen molar-refractivity contribution in [1.29, 1.82) is 0 Å². The van der Waals surface area contributed by atoms with Gasteiger partial charge in [0.2, 0.25) is 15.9 Å². The van der Waals surface area contributed by atoms with Crippen LogP contribution in [-0.4, -0.2) is 57.0 Å². The molecule has 1 aromatic carbocycles. The average Bonchev–Trinajstić information content (AvgIpc) is 3.03. The first-order chi connectivity index (χ1) is 12.7. The molecule has 0 fully saturated rings. The van der Waals surface area contributed by atoms with Crippen LogP contribution in [0.15, 0.2) is 41.4 Å². The summed E-state index contributed by atoms with van der Waals surface area (Å²) in [6.45, 7) is -0.401. The van der Waals surface area contributed by atoms with E-state index in [1.54, 1.807) is 24.3 Å². The highest BCUT2D eigenvalue weighted by Crippen LogP contribution is 2.19. The van der Waals surface area contributed by atoms with Gasteiger partial charge >= 0.3 is 5.97 Å². The lowest BCUT2D eigenvalue weighted by Crippen LogP contribution is -2.34. The van der Waals surface area contributed by atoms with Crippen LogP contribution in [0.3, 0.4) is 0 Å². The molecule has 0 radical (unpaired) electrons. The second-order valence-corrected chi connectivity index (χ2v) is 7.75. The fraction of sp³-hybridized carbons (Fsp3) is 0.294. The topological polar surface area (TPSA) is 107 Å². The number of amides is 1. The summed E-state index contributed by atoms with van der Waals surface area (Å²) in [4.78, 5) is 23.7. The van der Waals surface area contributed by atoms with Crippen molar-refractivity contribution in [2.75, 3.05) is 33.1 Å². The summed E-state index contributed by atoms with van der Waals surface area (Å²) in [7, 11) is 1.56. The van der Waals surface area contributed by atoms with Crippen LogP contribution >= 0.6 is 0 Å². The Morgan fingerprint density at radius 1 is 1.22 bits per heavy atom. The van der Waals surface area contributed by atoms with E-state index in [1.807, 2.05) is 0 Å². The quantitative estimate of drug-likeness (QED) is 0.703. The SMILES string of the molecule is COC(=O)c1cc(S(=O)(=O)N(C)CC(=O)Nc2cccc(OC)c2)cn1C. The Balaban J connectivity index is 2.12. The van der Waals surface area contributed by atoms with Gasteiger partial charge in [-0.05, 0) is 18.2 Å². The molecule has 0 aliphatic rings. The van der Waals surface area contributed by atoms with Gasteiger partial charge in [-0.15, -0.1) is 0 Å². The minimum absolute atomic E-state index is 0.0882. The van der Waals surface area contributed by atoms with E-state index in [1.165, 1.54) is 45.1 Å². The number of rotatable bonds is 7. The lowest BCUT2D eigenvalue weighted by atomic mass is 10.3. The first-order valence-electron chi connectivity index (χ1n) is 7.84. The monoisotopic (exact) mass is 395 g/mol. The molecule has 1 heterocycles. The van der Waals surface area contributed by atoms with E-state index in [2.05, 4.69) is 10.1 Å². The highest BCUT2D eigenvalue weighted by molar-refractivity contribution is 7.89. The number of aromatic nitrogens is 1. The summed E-state index contributed by atoms with van der Waals surface area (Å²) >= 11 is 0. The van der Waals surface area contributed by atoms with Crippen molar-refractivity contribution in [3.8, 4) is 5.75 Å². The third-order valence-electron chi connectivity index (χ3n) is 3.80. The Bertz CT molecular complexity index is 951. The average molecular weight is 395 g/mol. The molecule has 1 aromatic heterocycles. The molecule has 10 heteroatoms. The van der Waals surface area contributed by atoms with Crippen molar-refractivity contribution in [3.05, 3.63) is 42.2 Å². The smallest absolute Gasteiger partial charge is 0.354 e. The third-order valence-corrected chi connectivity index (χ3v) is 5.57. The second-order valence-electron chi connectivity index (χ2n) is 5.70. The van der Waals surface area contributed by atoms with Crippen LogP contribution in [0.4, 0.5) is 5.69 Å². The number of nitrogens with one attached hydrogen (secondary N) is 1. The van der Waals surface area contributed by atoms with Crippen molar-refractivity contribution in [1.82, 2.24) is 8.87 Å². The molecule has 2 rings (SSSR count). The van der Waals surface area contributed by atoms with E-state index in [0.29, 0.717) is 11.4 Å². The largest absolute Gasteiger partial charge is 0.497 e. The van der Waals surface area contributed by atoms with Crippen molar-refractivity contribution in [2.45, 2.75) is 4.90 Å². The van der Waals surface area contributed by atoms with E-state index < -0.39 is 28.4 Å². The maximum atomic E-state index is 12.7. The molecule has 0 bridgehead atoms. The molecular weight excluding hydrogens is 374 g/mol. The highest BCUT2D eigenvalue weighted by atomic mass is 32.2. The van der Waals surface area contributed by atoms with Gasteiger partial charge in [-0.1, -0.05) is 6.07 Å². The number of ether oxygens (including phenoxy) is 2. The molecule has 0 unspecified atom stereocenters. The fourth-order valence-corrected chi connectivity index (χ4v) is 3.55. The summed E-state index contributed by atoms with van der Waals surface area (Å²) in [5.41, 5.74) is 0.572. The molecule has 0 atom stereocenters. The molecule has 146 valence electrons. The predicted molar refractivity (Wildman–Crippen MR) is 98.2 cm³/mol. The Kier molecular flexibility index (Phi) is 6.24. The Morgan fingerprint density at radius 2 is 1.93 bits per heavy atom. The summed E-state index contributed by atoms with van der Waals surface area (Å²) in [6.07, 6.45) is 1.29. The van der Waals surface area contributed by atoms with Crippen LogP contribution < -0.4 is 10.1 Å². The van der Waals surface area contributed by atoms with Crippen LogP contribution in [0.5, 0.6) is 5.75 Å². The summed E-state index contributed by atoms with van der Waals surface area (Å²) in [6, 6.07) is 7.91. The number of carbonyl (C=O) groups is 2. The number of aryl methyl sites for hydroxylation is 1. The summed E-state index contributed by atoms with van der Waals surface area (Å²) < 4.78 is 37.3. The molecule has 0 aliphatic carbocycles. The lowest BCUT2D eigenvalue weighted by molar-refractivity contribution is -0.116. The van der Waals surface area contributed by atoms with Crippen LogP contribution in [-0.2, 0) is 26.6 Å². The van der Waals surface area contributed by atoms with E-state index in [-0.39, 0.29) is 10.6 Å². The van der Waals surface area contributed by atoms with Gasteiger partial charge in [0.25, 0.3) is 0 Å². The number of carbonyl (C=O) groups excluding carboxylic acids is 2. The minimum atomic E-state index is -3.96. The van der Waals surface area contributed by atoms with Crippen molar-refractivity contribution in [3.63, 3.8) is 0 Å². The molecule has 0 aliphatic heterocycles. The summed E-state index contributed by atoms with van der Waals surface area (Å²) in [5.74, 6) is -0.607. The summed E-state index contributed by atoms with van der Waals surface area (Å²) in [5, 5.41) is 2.61. The van der Waals surface area contributed by atoms with Gasteiger partial charge in [-0.25, -0.2) is 13.2 Å². The zero-order valence-corrected chi connectivity index (χ0v) is 16.2. The maximum Gasteiger partial charge on any atom is 0.354 e. The Labute approximate surface area is 157 Å². The van der Waals surface area contributed by atoms with Crippen molar-refractivity contribution < 1.29 is 27.5 Å². The lowest BCUT2D eigenvalue weighted by Gasteiger charge is -2.16. The number of sulfonamides is 1. The highest BCUT2D eigenvalue weighted by Gasteiger charge is 2.26. The van der Waals surface area contributed by atoms with E-state index in [4.69, 9.17) is 4.74 Å². The van der Waals surface area contributed by atoms with Gasteiger partial charge in [0.1, 0.15) is 16.3 Å². The Hall–Kier alpha value is -2.85. The van der Waals surface area contributed by atoms with E-state index in [9.17, 15) is 18.0 Å². The molecule has 2 aromatic rings. The number of likely N-dealkylation sites (N-methyl/N-ethyl adjacent to an activating group) is 1. The number of methoxy groups -OCH3 is 2. The maximum absolute atomic E-state index is 12.7. The van der Waals surface area contributed by atoms with Crippen LogP contribution in [0.25, 0.3) is 0 Å². The zero-order valence-electron chi connectivity index (χ0n) is 15.4. The molecular formula is C17H21N3O6S. The molecule has 1 N–H and O–H groups in total. The van der Waals surface area contributed by atoms with Gasteiger partial charge in [0.05, 0.1) is 20.8 Å². The fourth-order valence-electron chi connectivity index (χ4n) is 2.35. The van der Waals surface area contributed by atoms with Crippen molar-refractivity contribution in [2.24, 2.45) is 7.05 Å². The van der Waals surface area contributed by atoms with Gasteiger partial charge in [0.15, 0.2) is 0 Å². The first kappa shape index (κ1) is 20.5. The molecule has 0 saturated heterocycles. The van der Waals surface area contributed by atoms with Gasteiger partial charge in [-0.3, -0.25) is 4.79 Å². The number of esters is 1. The zero-order chi connectivity index (χ0) is 20.2. The molecule has 27 heavy (non-hydrogen) atoms. The van der Waals surface area contributed by atoms with Crippen LogP contribution in [0.2, 0.25) is 0 Å². The molecule has 9 nitrogen and oxygen atoms in total. The van der Waals surface area contributed by atoms with Crippen LogP contribution in [0, 0.1) is 0 Å². The Morgan fingerprint density at radius 3 is 2.56 bits per heavy atom. The predicted octanol–water partition coefficient (Wildman–Crippen LogP) is 1.08.